The molecule has 0 rings (SSSR count). The summed E-state index contributed by atoms with van der Waals surface area (Å²) in [6.07, 6.45) is 8.76. The highest BCUT2D eigenvalue weighted by molar-refractivity contribution is 9.09. The summed E-state index contributed by atoms with van der Waals surface area (Å²) in [5.41, 5.74) is -1.88. The van der Waals surface area contributed by atoms with Crippen LogP contribution in [0.25, 0.3) is 0 Å². The molecule has 0 aliphatic rings. The summed E-state index contributed by atoms with van der Waals surface area (Å²) in [4.78, 5) is 46.4. The first-order valence-corrected chi connectivity index (χ1v) is 24.0. The molecule has 0 aliphatic heterocycles. The fraction of sp³-hybridized carbons (Fsp3) is 0.913. The maximum atomic E-state index is 11.8. The molecule has 0 aromatic carbocycles. The van der Waals surface area contributed by atoms with Crippen molar-refractivity contribution in [3.05, 3.63) is 0 Å². The number of halogens is 4. The molecular weight excluding hydrogens is 1000 g/mol. The summed E-state index contributed by atoms with van der Waals surface area (Å²) in [6.45, 7) is 32.7. The van der Waals surface area contributed by atoms with E-state index in [-0.39, 0.29) is 93.7 Å². The number of ether oxygens (including phenoxy) is 4. The van der Waals surface area contributed by atoms with Crippen molar-refractivity contribution in [2.24, 2.45) is 23.2 Å². The van der Waals surface area contributed by atoms with E-state index >= 15 is 0 Å². The average Bonchev–Trinajstić information content (AvgIpc) is 2.97. The molecule has 12 heteroatoms. The minimum atomic E-state index is -0.392. The quantitative estimate of drug-likeness (QED) is 0.0806. The van der Waals surface area contributed by atoms with Crippen LogP contribution < -0.4 is 0 Å². The number of hydrogen-bond donors (Lipinski definition) is 0. The first kappa shape index (κ1) is 75.2. The molecule has 0 aliphatic carbocycles. The van der Waals surface area contributed by atoms with Gasteiger partial charge in [0.05, 0.1) is 23.2 Å². The van der Waals surface area contributed by atoms with Crippen molar-refractivity contribution in [2.75, 3.05) is 21.3 Å². The van der Waals surface area contributed by atoms with E-state index in [1.807, 2.05) is 104 Å². The second kappa shape index (κ2) is 38.5. The zero-order valence-corrected chi connectivity index (χ0v) is 43.5. The Kier molecular flexibility index (Phi) is 49.9. The lowest BCUT2D eigenvalue weighted by molar-refractivity contribution is -0.166. The number of esters is 4. The maximum absolute atomic E-state index is 11.8. The van der Waals surface area contributed by atoms with Gasteiger partial charge in [-0.1, -0.05) is 140 Å². The molecule has 0 saturated carbocycles. The lowest BCUT2D eigenvalue weighted by atomic mass is 9.90. The monoisotopic (exact) mass is 1090 g/mol. The van der Waals surface area contributed by atoms with Crippen LogP contribution in [0.5, 0.6) is 0 Å². The Balaban J connectivity index is -0.0000000939. The van der Waals surface area contributed by atoms with Gasteiger partial charge in [0, 0.05) is 21.3 Å². The summed E-state index contributed by atoms with van der Waals surface area (Å²) >= 11 is 13.4. The normalized spacial score (nSPS) is 12.6. The molecule has 58 heavy (non-hydrogen) atoms. The highest BCUT2D eigenvalue weighted by Gasteiger charge is 2.32. The third-order valence-corrected chi connectivity index (χ3v) is 9.05. The van der Waals surface area contributed by atoms with Gasteiger partial charge in [0.15, 0.2) is 0 Å². The van der Waals surface area contributed by atoms with Crippen LogP contribution >= 0.6 is 63.7 Å². The minimum absolute atomic E-state index is 0. The number of rotatable bonds is 17. The summed E-state index contributed by atoms with van der Waals surface area (Å²) in [5, 5.41) is 3.22. The second-order valence-corrected chi connectivity index (χ2v) is 21.1. The molecule has 0 aromatic heterocycles. The van der Waals surface area contributed by atoms with Gasteiger partial charge in [0.2, 0.25) is 0 Å². The SMILES string of the molecule is C.C.C.C.CC(C)(C)OC(=O)C(C)(C)CCBr.CC(CCBr)C(=O)OC(C)(C)C.CCCCC(CBr)C(=O)OC(C)(C)C.CCCCC(CCBr)C(=O)OC(C)(C)C. The maximum Gasteiger partial charge on any atom is 0.312 e. The largest absolute Gasteiger partial charge is 0.460 e. The summed E-state index contributed by atoms with van der Waals surface area (Å²) in [5.74, 6) is -0.305. The molecule has 0 aromatic rings. The van der Waals surface area contributed by atoms with Crippen LogP contribution in [0.2, 0.25) is 0 Å². The Morgan fingerprint density at radius 2 is 0.793 bits per heavy atom. The zero-order valence-electron chi connectivity index (χ0n) is 37.2. The molecule has 0 heterocycles. The van der Waals surface area contributed by atoms with Crippen LogP contribution in [0.1, 0.15) is 205 Å². The summed E-state index contributed by atoms with van der Waals surface area (Å²) in [7, 11) is 0. The Morgan fingerprint density at radius 1 is 0.466 bits per heavy atom. The van der Waals surface area contributed by atoms with Gasteiger partial charge in [-0.15, -0.1) is 0 Å². The van der Waals surface area contributed by atoms with E-state index in [2.05, 4.69) is 77.6 Å². The Morgan fingerprint density at radius 3 is 1.09 bits per heavy atom. The number of unbranched alkanes of at least 4 members (excludes halogenated alkanes) is 2. The predicted octanol–water partition coefficient (Wildman–Crippen LogP) is 15.9. The molecule has 0 radical (unpaired) electrons. The number of carbonyl (C=O) groups excluding carboxylic acids is 4. The van der Waals surface area contributed by atoms with E-state index in [1.165, 1.54) is 0 Å². The standard InChI is InChI=1S/C12H23BrO2.C11H21BrO2.C10H19BrO2.C9H17BrO2.4CH4/c1-5-6-7-10(8-9-13)11(14)15-12(2,3)4;1-5-6-7-9(8-12)10(13)14-11(2,3)4;1-9(2,3)13-8(12)10(4,5)6-7-11;1-7(5-6-10)8(11)12-9(2,3)4;;;;/h10H,5-9H2,1-4H3;9H,5-8H2,1-4H3;6-7H2,1-5H3;7H,5-6H2,1-4H3;4*1H4. The van der Waals surface area contributed by atoms with E-state index in [4.69, 9.17) is 18.9 Å². The van der Waals surface area contributed by atoms with Gasteiger partial charge in [-0.25, -0.2) is 0 Å². The van der Waals surface area contributed by atoms with Crippen molar-refractivity contribution >= 4 is 87.6 Å². The third kappa shape index (κ3) is 50.2. The zero-order chi connectivity index (χ0) is 43.6. The number of carbonyl (C=O) groups is 4. The second-order valence-electron chi connectivity index (χ2n) is 18.1. The molecular formula is C46H96Br4O8. The first-order valence-electron chi connectivity index (χ1n) is 19.5. The van der Waals surface area contributed by atoms with Crippen molar-refractivity contribution in [3.8, 4) is 0 Å². The van der Waals surface area contributed by atoms with Gasteiger partial charge >= 0.3 is 23.9 Å². The van der Waals surface area contributed by atoms with Crippen LogP contribution in [-0.4, -0.2) is 67.6 Å². The van der Waals surface area contributed by atoms with Crippen molar-refractivity contribution in [1.82, 2.24) is 0 Å². The van der Waals surface area contributed by atoms with Gasteiger partial charge in [0.25, 0.3) is 0 Å². The lowest BCUT2D eigenvalue weighted by Gasteiger charge is -2.27. The van der Waals surface area contributed by atoms with Gasteiger partial charge in [-0.05, 0) is 129 Å². The van der Waals surface area contributed by atoms with Crippen LogP contribution in [0.4, 0.5) is 0 Å². The highest BCUT2D eigenvalue weighted by atomic mass is 79.9. The highest BCUT2D eigenvalue weighted by Crippen LogP contribution is 2.26. The van der Waals surface area contributed by atoms with Gasteiger partial charge in [-0.2, -0.15) is 0 Å². The summed E-state index contributed by atoms with van der Waals surface area (Å²) in [6, 6.07) is 0. The van der Waals surface area contributed by atoms with Crippen molar-refractivity contribution < 1.29 is 38.1 Å². The van der Waals surface area contributed by atoms with E-state index < -0.39 is 5.41 Å². The van der Waals surface area contributed by atoms with Crippen molar-refractivity contribution in [3.63, 3.8) is 0 Å². The van der Waals surface area contributed by atoms with Crippen LogP contribution in [0, 0.1) is 23.2 Å². The first-order chi connectivity index (χ1) is 24.4. The van der Waals surface area contributed by atoms with Crippen LogP contribution in [0.15, 0.2) is 0 Å². The molecule has 356 valence electrons. The van der Waals surface area contributed by atoms with E-state index in [9.17, 15) is 19.2 Å². The molecule has 0 amide bonds. The average molecular weight is 1100 g/mol. The Labute approximate surface area is 395 Å². The Hall–Kier alpha value is -0.200. The number of hydrogen-bond acceptors (Lipinski definition) is 8. The van der Waals surface area contributed by atoms with E-state index in [0.29, 0.717) is 5.33 Å². The molecule has 0 bridgehead atoms. The fourth-order valence-corrected chi connectivity index (χ4v) is 6.70. The molecule has 3 atom stereocenters. The Bertz CT molecular complexity index is 1010. The molecule has 0 saturated heterocycles. The molecule has 8 nitrogen and oxygen atoms in total. The van der Waals surface area contributed by atoms with Crippen molar-refractivity contribution in [1.29, 1.82) is 0 Å². The lowest BCUT2D eigenvalue weighted by Crippen LogP contribution is -2.34. The van der Waals surface area contributed by atoms with Gasteiger partial charge < -0.3 is 18.9 Å². The molecule has 0 N–H and O–H groups in total. The molecule has 0 spiro atoms. The number of alkyl halides is 4. The predicted molar refractivity (Wildman–Crippen MR) is 268 cm³/mol. The van der Waals surface area contributed by atoms with Gasteiger partial charge in [0.1, 0.15) is 22.4 Å². The minimum Gasteiger partial charge on any atom is -0.460 e. The topological polar surface area (TPSA) is 105 Å². The van der Waals surface area contributed by atoms with Crippen molar-refractivity contribution in [2.45, 2.75) is 228 Å². The summed E-state index contributed by atoms with van der Waals surface area (Å²) < 4.78 is 21.2. The van der Waals surface area contributed by atoms with Crippen LogP contribution in [0.3, 0.4) is 0 Å². The third-order valence-electron chi connectivity index (χ3n) is 6.96. The van der Waals surface area contributed by atoms with E-state index in [0.717, 1.165) is 73.8 Å². The van der Waals surface area contributed by atoms with Crippen LogP contribution in [-0.2, 0) is 38.1 Å². The molecule has 3 unspecified atom stereocenters. The van der Waals surface area contributed by atoms with E-state index in [1.54, 1.807) is 0 Å². The molecule has 0 fully saturated rings. The fourth-order valence-electron chi connectivity index (χ4n) is 3.88. The smallest absolute Gasteiger partial charge is 0.312 e. The van der Waals surface area contributed by atoms with Gasteiger partial charge in [-0.3, -0.25) is 19.2 Å².